The van der Waals surface area contributed by atoms with Crippen molar-refractivity contribution in [3.63, 3.8) is 0 Å². The lowest BCUT2D eigenvalue weighted by molar-refractivity contribution is 0.340. The van der Waals surface area contributed by atoms with Crippen LogP contribution in [-0.4, -0.2) is 25.6 Å². The predicted octanol–water partition coefficient (Wildman–Crippen LogP) is 2.81. The summed E-state index contributed by atoms with van der Waals surface area (Å²) in [4.78, 5) is 1.12. The molecule has 1 aromatic rings. The van der Waals surface area contributed by atoms with Crippen molar-refractivity contribution in [2.24, 2.45) is 11.1 Å². The molecule has 1 aromatic carbocycles. The van der Waals surface area contributed by atoms with Crippen LogP contribution in [-0.2, 0) is 14.4 Å². The Kier molecular flexibility index (Phi) is 3.92. The summed E-state index contributed by atoms with van der Waals surface area (Å²) in [6.45, 7) is 6.14. The maximum atomic E-state index is 11.1. The second-order valence-electron chi connectivity index (χ2n) is 4.87. The van der Waals surface area contributed by atoms with Gasteiger partial charge in [-0.15, -0.1) is 11.8 Å². The maximum Gasteiger partial charge on any atom is 0.325 e. The van der Waals surface area contributed by atoms with Gasteiger partial charge in [-0.1, -0.05) is 30.6 Å². The van der Waals surface area contributed by atoms with Crippen LogP contribution in [0.2, 0.25) is 0 Å². The smallest absolute Gasteiger partial charge is 0.268 e. The van der Waals surface area contributed by atoms with Gasteiger partial charge >= 0.3 is 10.1 Å². The van der Waals surface area contributed by atoms with E-state index in [1.165, 1.54) is 0 Å². The highest BCUT2D eigenvalue weighted by molar-refractivity contribution is 8.00. The largest absolute Gasteiger partial charge is 0.325 e. The van der Waals surface area contributed by atoms with E-state index in [9.17, 15) is 8.42 Å². The number of thioether (sulfide) groups is 1. The van der Waals surface area contributed by atoms with Crippen molar-refractivity contribution >= 4 is 27.6 Å². The van der Waals surface area contributed by atoms with Gasteiger partial charge in [0.15, 0.2) is 0 Å². The van der Waals surface area contributed by atoms with Gasteiger partial charge < -0.3 is 0 Å². The molecule has 0 aromatic heterocycles. The molecule has 19 heavy (non-hydrogen) atoms. The zero-order valence-electron chi connectivity index (χ0n) is 11.4. The van der Waals surface area contributed by atoms with Crippen molar-refractivity contribution in [1.82, 2.24) is 0 Å². The Labute approximate surface area is 118 Å². The number of rotatable bonds is 2. The molecule has 0 saturated heterocycles. The number of hydrogen-bond acceptors (Lipinski definition) is 5. The minimum absolute atomic E-state index is 0.140. The molecule has 0 N–H and O–H groups in total. The van der Waals surface area contributed by atoms with Gasteiger partial charge in [0.2, 0.25) is 0 Å². The van der Waals surface area contributed by atoms with Gasteiger partial charge in [-0.25, -0.2) is 0 Å². The Morgan fingerprint density at radius 2 is 2.00 bits per heavy atom. The summed E-state index contributed by atoms with van der Waals surface area (Å²) in [5.41, 5.74) is 2.79. The maximum absolute atomic E-state index is 11.1. The zero-order chi connectivity index (χ0) is 14.2. The van der Waals surface area contributed by atoms with E-state index in [0.29, 0.717) is 11.0 Å². The molecule has 2 unspecified atom stereocenters. The van der Waals surface area contributed by atoms with E-state index < -0.39 is 10.1 Å². The molecule has 2 atom stereocenters. The fourth-order valence-electron chi connectivity index (χ4n) is 1.96. The summed E-state index contributed by atoms with van der Waals surface area (Å²) < 4.78 is 26.8. The molecular formula is C13H17NO3S2. The summed E-state index contributed by atoms with van der Waals surface area (Å²) in [7, 11) is -3.57. The second kappa shape index (κ2) is 5.17. The number of oxime groups is 1. The minimum Gasteiger partial charge on any atom is -0.268 e. The van der Waals surface area contributed by atoms with Crippen LogP contribution in [0.25, 0.3) is 0 Å². The Morgan fingerprint density at radius 3 is 2.63 bits per heavy atom. The fraction of sp³-hybridized carbons (Fsp3) is 0.462. The first kappa shape index (κ1) is 14.4. The van der Waals surface area contributed by atoms with Crippen molar-refractivity contribution in [1.29, 1.82) is 0 Å². The van der Waals surface area contributed by atoms with E-state index in [0.717, 1.165) is 22.3 Å². The van der Waals surface area contributed by atoms with Crippen LogP contribution in [0.5, 0.6) is 0 Å². The van der Waals surface area contributed by atoms with Gasteiger partial charge in [0.05, 0.1) is 12.0 Å². The third-order valence-corrected chi connectivity index (χ3v) is 4.87. The number of benzene rings is 1. The van der Waals surface area contributed by atoms with Crippen LogP contribution in [0.3, 0.4) is 0 Å². The molecule has 0 spiro atoms. The monoisotopic (exact) mass is 299 g/mol. The molecule has 104 valence electrons. The average Bonchev–Trinajstić information content (AvgIpc) is 2.29. The highest BCUT2D eigenvalue weighted by atomic mass is 32.2. The van der Waals surface area contributed by atoms with E-state index >= 15 is 0 Å². The summed E-state index contributed by atoms with van der Waals surface area (Å²) >= 11 is 1.78. The molecule has 0 saturated carbocycles. The first-order valence-corrected chi connectivity index (χ1v) is 8.72. The van der Waals surface area contributed by atoms with E-state index in [2.05, 4.69) is 16.4 Å². The molecule has 0 aliphatic carbocycles. The van der Waals surface area contributed by atoms with Gasteiger partial charge in [0.25, 0.3) is 0 Å². The van der Waals surface area contributed by atoms with Crippen LogP contribution in [0.1, 0.15) is 25.0 Å². The molecule has 2 rings (SSSR count). The Balaban J connectivity index is 2.49. The number of aryl methyl sites for hydroxylation is 1. The fourth-order valence-corrected chi connectivity index (χ4v) is 3.34. The van der Waals surface area contributed by atoms with E-state index in [4.69, 9.17) is 0 Å². The molecule has 1 aliphatic heterocycles. The van der Waals surface area contributed by atoms with Gasteiger partial charge in [0.1, 0.15) is 0 Å². The first-order valence-electron chi connectivity index (χ1n) is 6.02. The summed E-state index contributed by atoms with van der Waals surface area (Å²) in [5.74, 6) is 0.140. The molecule has 6 heteroatoms. The topological polar surface area (TPSA) is 55.7 Å². The summed E-state index contributed by atoms with van der Waals surface area (Å²) in [5, 5.41) is 4.21. The van der Waals surface area contributed by atoms with E-state index in [1.807, 2.05) is 32.0 Å². The lowest BCUT2D eigenvalue weighted by Crippen LogP contribution is -2.27. The molecule has 0 amide bonds. The standard InChI is InChI=1S/C13H17NO3S2/c1-8-5-6-12-11(7-8)13(9(2)10(3)18-12)14-17-19(4,15)16/h5-7,9-10H,1-4H3/b14-13+. The number of nitrogens with zero attached hydrogens (tertiary/aromatic N) is 1. The van der Waals surface area contributed by atoms with Crippen molar-refractivity contribution in [3.05, 3.63) is 29.3 Å². The van der Waals surface area contributed by atoms with Gasteiger partial charge in [-0.3, -0.25) is 4.28 Å². The quantitative estimate of drug-likeness (QED) is 0.788. The first-order chi connectivity index (χ1) is 8.78. The van der Waals surface area contributed by atoms with Crippen LogP contribution < -0.4 is 0 Å². The summed E-state index contributed by atoms with van der Waals surface area (Å²) in [6.07, 6.45) is 1.000. The van der Waals surface area contributed by atoms with Crippen molar-refractivity contribution in [2.75, 3.05) is 6.26 Å². The van der Waals surface area contributed by atoms with Gasteiger partial charge in [-0.05, 0) is 19.1 Å². The SMILES string of the molecule is Cc1ccc2c(c1)/C(=N/OS(C)(=O)=O)C(C)C(C)S2. The molecule has 1 heterocycles. The van der Waals surface area contributed by atoms with Gasteiger partial charge in [0, 0.05) is 21.6 Å². The van der Waals surface area contributed by atoms with Crippen molar-refractivity contribution < 1.29 is 12.7 Å². The van der Waals surface area contributed by atoms with Crippen molar-refractivity contribution in [3.8, 4) is 0 Å². The van der Waals surface area contributed by atoms with Crippen molar-refractivity contribution in [2.45, 2.75) is 30.9 Å². The number of hydrogen-bond donors (Lipinski definition) is 0. The minimum atomic E-state index is -3.57. The van der Waals surface area contributed by atoms with E-state index in [-0.39, 0.29) is 5.92 Å². The molecule has 4 nitrogen and oxygen atoms in total. The lowest BCUT2D eigenvalue weighted by atomic mass is 9.94. The normalized spacial score (nSPS) is 25.2. The van der Waals surface area contributed by atoms with Crippen LogP contribution >= 0.6 is 11.8 Å². The molecule has 0 fully saturated rings. The average molecular weight is 299 g/mol. The van der Waals surface area contributed by atoms with E-state index in [1.54, 1.807) is 11.8 Å². The Bertz CT molecular complexity index is 623. The molecule has 1 aliphatic rings. The third-order valence-electron chi connectivity index (χ3n) is 3.13. The highest BCUT2D eigenvalue weighted by Crippen LogP contribution is 2.39. The molecule has 0 radical (unpaired) electrons. The Hall–Kier alpha value is -1.01. The Morgan fingerprint density at radius 1 is 1.32 bits per heavy atom. The van der Waals surface area contributed by atoms with Crippen LogP contribution in [0.4, 0.5) is 0 Å². The van der Waals surface area contributed by atoms with Gasteiger partial charge in [-0.2, -0.15) is 8.42 Å². The number of fused-ring (bicyclic) bond motifs is 1. The molecule has 0 bridgehead atoms. The predicted molar refractivity (Wildman–Crippen MR) is 78.1 cm³/mol. The van der Waals surface area contributed by atoms with Crippen LogP contribution in [0.15, 0.2) is 28.3 Å². The lowest BCUT2D eigenvalue weighted by Gasteiger charge is -2.28. The second-order valence-corrected chi connectivity index (χ2v) is 7.84. The zero-order valence-corrected chi connectivity index (χ0v) is 13.0. The highest BCUT2D eigenvalue weighted by Gasteiger charge is 2.29. The summed E-state index contributed by atoms with van der Waals surface area (Å²) in [6, 6.07) is 6.12. The molecular weight excluding hydrogens is 282 g/mol. The third kappa shape index (κ3) is 3.30. The van der Waals surface area contributed by atoms with Crippen LogP contribution in [0, 0.1) is 12.8 Å².